The van der Waals surface area contributed by atoms with Crippen LogP contribution in [0.1, 0.15) is 25.5 Å². The summed E-state index contributed by atoms with van der Waals surface area (Å²) in [5.41, 5.74) is 1.86. The van der Waals surface area contributed by atoms with Crippen molar-refractivity contribution in [1.29, 1.82) is 0 Å². The predicted octanol–water partition coefficient (Wildman–Crippen LogP) is 3.71. The molecule has 2 rings (SSSR count). The minimum atomic E-state index is 0.399. The first kappa shape index (κ1) is 8.75. The summed E-state index contributed by atoms with van der Waals surface area (Å²) < 4.78 is 6.21. The van der Waals surface area contributed by atoms with E-state index >= 15 is 0 Å². The fourth-order valence-electron chi connectivity index (χ4n) is 1.36. The second-order valence-electron chi connectivity index (χ2n) is 3.34. The van der Waals surface area contributed by atoms with Gasteiger partial charge in [0.25, 0.3) is 0 Å². The maximum atomic E-state index is 5.24. The van der Waals surface area contributed by atoms with E-state index in [0.29, 0.717) is 5.92 Å². The van der Waals surface area contributed by atoms with Gasteiger partial charge in [0, 0.05) is 5.39 Å². The lowest BCUT2D eigenvalue weighted by Crippen LogP contribution is -1.86. The Labute approximate surface area is 85.0 Å². The molecule has 2 aromatic rings. The summed E-state index contributed by atoms with van der Waals surface area (Å²) in [5.74, 6) is 0.399. The van der Waals surface area contributed by atoms with Crippen LogP contribution in [0.3, 0.4) is 0 Å². The van der Waals surface area contributed by atoms with Gasteiger partial charge >= 0.3 is 0 Å². The maximum absolute atomic E-state index is 5.24. The highest BCUT2D eigenvalue weighted by atomic mass is 79.9. The number of para-hydroxylation sites is 1. The Hall–Kier alpha value is -0.830. The molecule has 0 radical (unpaired) electrons. The van der Waals surface area contributed by atoms with Crippen molar-refractivity contribution in [2.45, 2.75) is 19.8 Å². The molecule has 0 amide bonds. The van der Waals surface area contributed by atoms with Crippen molar-refractivity contribution in [2.24, 2.45) is 0 Å². The number of halogens is 1. The van der Waals surface area contributed by atoms with Crippen molar-refractivity contribution in [3.8, 4) is 0 Å². The van der Waals surface area contributed by atoms with Crippen molar-refractivity contribution in [3.05, 3.63) is 28.4 Å². The van der Waals surface area contributed by atoms with Crippen molar-refractivity contribution in [2.75, 3.05) is 0 Å². The third-order valence-electron chi connectivity index (χ3n) is 2.03. The summed E-state index contributed by atoms with van der Waals surface area (Å²) in [5, 5.41) is 5.15. The van der Waals surface area contributed by atoms with E-state index in [-0.39, 0.29) is 0 Å². The molecule has 0 spiro atoms. The molecule has 0 saturated heterocycles. The van der Waals surface area contributed by atoms with Gasteiger partial charge in [0.2, 0.25) is 0 Å². The van der Waals surface area contributed by atoms with Gasteiger partial charge in [0.15, 0.2) is 5.58 Å². The largest absolute Gasteiger partial charge is 0.355 e. The quantitative estimate of drug-likeness (QED) is 0.759. The van der Waals surface area contributed by atoms with E-state index in [9.17, 15) is 0 Å². The summed E-state index contributed by atoms with van der Waals surface area (Å²) in [6, 6.07) is 5.99. The summed E-state index contributed by atoms with van der Waals surface area (Å²) in [7, 11) is 0. The van der Waals surface area contributed by atoms with Crippen LogP contribution in [0.15, 0.2) is 27.2 Å². The molecule has 0 aliphatic carbocycles. The lowest BCUT2D eigenvalue weighted by molar-refractivity contribution is 0.440. The van der Waals surface area contributed by atoms with E-state index < -0.39 is 0 Å². The van der Waals surface area contributed by atoms with Crippen molar-refractivity contribution < 1.29 is 4.52 Å². The molecule has 13 heavy (non-hydrogen) atoms. The minimum absolute atomic E-state index is 0.399. The molecule has 3 heteroatoms. The van der Waals surface area contributed by atoms with Crippen LogP contribution in [-0.4, -0.2) is 5.16 Å². The van der Waals surface area contributed by atoms with Gasteiger partial charge in [-0.1, -0.05) is 25.1 Å². The topological polar surface area (TPSA) is 26.0 Å². The summed E-state index contributed by atoms with van der Waals surface area (Å²) in [6.45, 7) is 4.22. The number of nitrogens with zero attached hydrogens (tertiary/aromatic N) is 1. The van der Waals surface area contributed by atoms with Gasteiger partial charge in [-0.05, 0) is 34.0 Å². The third kappa shape index (κ3) is 1.37. The summed E-state index contributed by atoms with van der Waals surface area (Å²) >= 11 is 3.43. The highest BCUT2D eigenvalue weighted by Gasteiger charge is 2.12. The van der Waals surface area contributed by atoms with Crippen molar-refractivity contribution in [1.82, 2.24) is 5.16 Å². The van der Waals surface area contributed by atoms with Crippen molar-refractivity contribution in [3.63, 3.8) is 0 Å². The van der Waals surface area contributed by atoms with Crippen LogP contribution in [0, 0.1) is 0 Å². The third-order valence-corrected chi connectivity index (χ3v) is 2.65. The fourth-order valence-corrected chi connectivity index (χ4v) is 1.80. The highest BCUT2D eigenvalue weighted by Crippen LogP contribution is 2.29. The molecular formula is C10H10BrNO. The molecule has 0 saturated carbocycles. The molecule has 0 N–H and O–H groups in total. The van der Waals surface area contributed by atoms with Crippen LogP contribution in [0.25, 0.3) is 11.0 Å². The number of fused-ring (bicyclic) bond motifs is 1. The highest BCUT2D eigenvalue weighted by molar-refractivity contribution is 9.10. The van der Waals surface area contributed by atoms with E-state index in [1.807, 2.05) is 18.2 Å². The van der Waals surface area contributed by atoms with E-state index in [1.165, 1.54) is 0 Å². The molecule has 1 heterocycles. The standard InChI is InChI=1S/C10H10BrNO/c1-6(2)9-7-4-3-5-8(11)10(7)13-12-9/h3-6H,1-2H3. The Morgan fingerprint density at radius 3 is 2.85 bits per heavy atom. The minimum Gasteiger partial charge on any atom is -0.355 e. The van der Waals surface area contributed by atoms with Crippen LogP contribution in [0.5, 0.6) is 0 Å². The maximum Gasteiger partial charge on any atom is 0.181 e. The Kier molecular flexibility index (Phi) is 2.12. The SMILES string of the molecule is CC(C)c1noc2c(Br)cccc12. The van der Waals surface area contributed by atoms with E-state index in [1.54, 1.807) is 0 Å². The predicted molar refractivity (Wildman–Crippen MR) is 55.8 cm³/mol. The zero-order valence-corrected chi connectivity index (χ0v) is 9.13. The van der Waals surface area contributed by atoms with Crippen LogP contribution < -0.4 is 0 Å². The zero-order valence-electron chi connectivity index (χ0n) is 7.54. The molecule has 0 bridgehead atoms. The lowest BCUT2D eigenvalue weighted by atomic mass is 10.1. The lowest BCUT2D eigenvalue weighted by Gasteiger charge is -1.97. The molecule has 1 aromatic heterocycles. The molecule has 1 aromatic carbocycles. The van der Waals surface area contributed by atoms with Gasteiger partial charge in [-0.3, -0.25) is 0 Å². The van der Waals surface area contributed by atoms with E-state index in [2.05, 4.69) is 34.9 Å². The van der Waals surface area contributed by atoms with Gasteiger partial charge in [-0.2, -0.15) is 0 Å². The number of benzene rings is 1. The first-order valence-corrected chi connectivity index (χ1v) is 5.03. The number of hydrogen-bond acceptors (Lipinski definition) is 2. The molecule has 2 nitrogen and oxygen atoms in total. The zero-order chi connectivity index (χ0) is 9.42. The van der Waals surface area contributed by atoms with Crippen LogP contribution in [0.2, 0.25) is 0 Å². The Morgan fingerprint density at radius 1 is 1.38 bits per heavy atom. The van der Waals surface area contributed by atoms with Gasteiger partial charge in [0.1, 0.15) is 0 Å². The van der Waals surface area contributed by atoms with Gasteiger partial charge in [0.05, 0.1) is 10.2 Å². The fraction of sp³-hybridized carbons (Fsp3) is 0.300. The number of rotatable bonds is 1. The molecular weight excluding hydrogens is 230 g/mol. The molecule has 0 fully saturated rings. The normalized spacial score (nSPS) is 11.4. The number of hydrogen-bond donors (Lipinski definition) is 0. The smallest absolute Gasteiger partial charge is 0.181 e. The molecule has 0 atom stereocenters. The van der Waals surface area contributed by atoms with Gasteiger partial charge < -0.3 is 4.52 Å². The first-order chi connectivity index (χ1) is 6.20. The second-order valence-corrected chi connectivity index (χ2v) is 4.19. The molecule has 0 aliphatic heterocycles. The Bertz CT molecular complexity index is 433. The monoisotopic (exact) mass is 239 g/mol. The molecule has 0 aliphatic rings. The summed E-state index contributed by atoms with van der Waals surface area (Å²) in [6.07, 6.45) is 0. The number of aromatic nitrogens is 1. The average Bonchev–Trinajstić information content (AvgIpc) is 2.48. The van der Waals surface area contributed by atoms with E-state index in [0.717, 1.165) is 21.1 Å². The van der Waals surface area contributed by atoms with Crippen LogP contribution in [0.4, 0.5) is 0 Å². The van der Waals surface area contributed by atoms with E-state index in [4.69, 9.17) is 4.52 Å². The first-order valence-electron chi connectivity index (χ1n) is 4.24. The second kappa shape index (κ2) is 3.14. The van der Waals surface area contributed by atoms with Crippen molar-refractivity contribution >= 4 is 26.9 Å². The molecule has 0 unspecified atom stereocenters. The Morgan fingerprint density at radius 2 is 2.15 bits per heavy atom. The Balaban J connectivity index is 2.75. The summed E-state index contributed by atoms with van der Waals surface area (Å²) in [4.78, 5) is 0. The van der Waals surface area contributed by atoms with Gasteiger partial charge in [-0.15, -0.1) is 0 Å². The van der Waals surface area contributed by atoms with Crippen LogP contribution >= 0.6 is 15.9 Å². The van der Waals surface area contributed by atoms with Crippen LogP contribution in [-0.2, 0) is 0 Å². The molecule has 68 valence electrons. The van der Waals surface area contributed by atoms with Gasteiger partial charge in [-0.25, -0.2) is 0 Å². The average molecular weight is 240 g/mol.